The standard InChI is InChI=1S/C21H23N5O3S3/c1-4-22-20-23-24-21(32-20)31-12-19(27)26-15(11-14(25-26)18-6-5-9-30-18)13-7-8-16(28-2)17(10-13)29-3/h5-10,15H,4,11-12H2,1-3H3,(H,22,23)/t15-/m0/s1. The van der Waals surface area contributed by atoms with Gasteiger partial charge < -0.3 is 14.8 Å². The van der Waals surface area contributed by atoms with E-state index in [1.807, 2.05) is 42.6 Å². The van der Waals surface area contributed by atoms with E-state index in [1.165, 1.54) is 23.1 Å². The molecule has 1 atom stereocenters. The van der Waals surface area contributed by atoms with Crippen LogP contribution < -0.4 is 14.8 Å². The van der Waals surface area contributed by atoms with Gasteiger partial charge in [-0.05, 0) is 36.1 Å². The van der Waals surface area contributed by atoms with Gasteiger partial charge in [-0.15, -0.1) is 21.5 Å². The number of hydrazone groups is 1. The molecule has 0 aliphatic carbocycles. The summed E-state index contributed by atoms with van der Waals surface area (Å²) < 4.78 is 11.6. The van der Waals surface area contributed by atoms with Crippen LogP contribution in [0.3, 0.4) is 0 Å². The Balaban J connectivity index is 1.56. The molecule has 1 amide bonds. The van der Waals surface area contributed by atoms with E-state index < -0.39 is 0 Å². The summed E-state index contributed by atoms with van der Waals surface area (Å²) in [6, 6.07) is 9.54. The van der Waals surface area contributed by atoms with E-state index in [4.69, 9.17) is 14.6 Å². The number of ether oxygens (including phenoxy) is 2. The van der Waals surface area contributed by atoms with E-state index in [0.29, 0.717) is 17.9 Å². The third-order valence-electron chi connectivity index (χ3n) is 4.82. The first-order valence-electron chi connectivity index (χ1n) is 9.98. The number of rotatable bonds is 9. The lowest BCUT2D eigenvalue weighted by Gasteiger charge is -2.22. The predicted molar refractivity (Wildman–Crippen MR) is 129 cm³/mol. The average Bonchev–Trinajstić information content (AvgIpc) is 3.58. The number of benzene rings is 1. The first-order valence-corrected chi connectivity index (χ1v) is 12.7. The zero-order valence-electron chi connectivity index (χ0n) is 17.9. The van der Waals surface area contributed by atoms with E-state index in [-0.39, 0.29) is 17.7 Å². The number of amides is 1. The predicted octanol–water partition coefficient (Wildman–Crippen LogP) is 4.52. The summed E-state index contributed by atoms with van der Waals surface area (Å²) in [5, 5.41) is 20.4. The molecule has 0 saturated carbocycles. The summed E-state index contributed by atoms with van der Waals surface area (Å²) in [6.07, 6.45) is 0.635. The van der Waals surface area contributed by atoms with Crippen LogP contribution in [0.25, 0.3) is 0 Å². The lowest BCUT2D eigenvalue weighted by molar-refractivity contribution is -0.130. The zero-order chi connectivity index (χ0) is 22.5. The van der Waals surface area contributed by atoms with Gasteiger partial charge in [-0.2, -0.15) is 5.10 Å². The molecule has 1 aliphatic rings. The third-order valence-corrected chi connectivity index (χ3v) is 7.74. The van der Waals surface area contributed by atoms with Crippen LogP contribution in [0, 0.1) is 0 Å². The maximum Gasteiger partial charge on any atom is 0.253 e. The molecular weight excluding hydrogens is 466 g/mol. The van der Waals surface area contributed by atoms with Crippen LogP contribution in [-0.2, 0) is 4.79 Å². The van der Waals surface area contributed by atoms with Gasteiger partial charge in [0.2, 0.25) is 5.13 Å². The molecule has 1 aliphatic heterocycles. The van der Waals surface area contributed by atoms with Crippen molar-refractivity contribution in [3.8, 4) is 11.5 Å². The highest BCUT2D eigenvalue weighted by molar-refractivity contribution is 8.01. The average molecular weight is 490 g/mol. The molecular formula is C21H23N5O3S3. The second-order valence-corrected chi connectivity index (χ2v) is 9.94. The minimum Gasteiger partial charge on any atom is -0.493 e. The Bertz CT molecular complexity index is 1100. The fourth-order valence-electron chi connectivity index (χ4n) is 3.33. The van der Waals surface area contributed by atoms with Crippen LogP contribution in [0.1, 0.15) is 29.8 Å². The van der Waals surface area contributed by atoms with Gasteiger partial charge in [-0.1, -0.05) is 35.2 Å². The maximum absolute atomic E-state index is 13.2. The number of carbonyl (C=O) groups is 1. The molecule has 32 heavy (non-hydrogen) atoms. The molecule has 3 heterocycles. The Hall–Kier alpha value is -2.63. The maximum atomic E-state index is 13.2. The van der Waals surface area contributed by atoms with Crippen LogP contribution in [-0.4, -0.2) is 53.3 Å². The summed E-state index contributed by atoms with van der Waals surface area (Å²) in [5.74, 6) is 1.42. The minimum absolute atomic E-state index is 0.0819. The van der Waals surface area contributed by atoms with Crippen molar-refractivity contribution in [2.45, 2.75) is 23.7 Å². The molecule has 168 valence electrons. The largest absolute Gasteiger partial charge is 0.493 e. The molecule has 8 nitrogen and oxygen atoms in total. The van der Waals surface area contributed by atoms with Gasteiger partial charge in [0.05, 0.1) is 36.6 Å². The lowest BCUT2D eigenvalue weighted by Crippen LogP contribution is -2.28. The number of thioether (sulfide) groups is 1. The number of anilines is 1. The Labute approximate surface area is 198 Å². The van der Waals surface area contributed by atoms with Crippen LogP contribution in [0.15, 0.2) is 45.2 Å². The van der Waals surface area contributed by atoms with E-state index in [9.17, 15) is 4.79 Å². The lowest BCUT2D eigenvalue weighted by atomic mass is 10.0. The van der Waals surface area contributed by atoms with Crippen molar-refractivity contribution in [2.75, 3.05) is 31.8 Å². The number of nitrogens with zero attached hydrogens (tertiary/aromatic N) is 4. The minimum atomic E-state index is -0.216. The molecule has 0 fully saturated rings. The Morgan fingerprint density at radius 3 is 2.81 bits per heavy atom. The SMILES string of the molecule is CCNc1nnc(SCC(=O)N2N=C(c3cccs3)C[C@H]2c2ccc(OC)c(OC)c2)s1. The van der Waals surface area contributed by atoms with Crippen LogP contribution in [0.5, 0.6) is 11.5 Å². The molecule has 1 aromatic carbocycles. The second-order valence-electron chi connectivity index (χ2n) is 6.79. The second kappa shape index (κ2) is 10.3. The summed E-state index contributed by atoms with van der Waals surface area (Å²) in [5.41, 5.74) is 1.85. The van der Waals surface area contributed by atoms with Crippen molar-refractivity contribution < 1.29 is 14.3 Å². The summed E-state index contributed by atoms with van der Waals surface area (Å²) in [6.45, 7) is 2.78. The fraction of sp³-hybridized carbons (Fsp3) is 0.333. The number of hydrogen-bond donors (Lipinski definition) is 1. The highest BCUT2D eigenvalue weighted by Gasteiger charge is 2.34. The van der Waals surface area contributed by atoms with E-state index >= 15 is 0 Å². The van der Waals surface area contributed by atoms with Crippen molar-refractivity contribution in [1.29, 1.82) is 0 Å². The molecule has 0 bridgehead atoms. The van der Waals surface area contributed by atoms with Crippen molar-refractivity contribution >= 4 is 51.2 Å². The van der Waals surface area contributed by atoms with Gasteiger partial charge in [-0.3, -0.25) is 4.79 Å². The fourth-order valence-corrected chi connectivity index (χ4v) is 5.73. The highest BCUT2D eigenvalue weighted by Crippen LogP contribution is 2.38. The van der Waals surface area contributed by atoms with Crippen molar-refractivity contribution in [3.63, 3.8) is 0 Å². The van der Waals surface area contributed by atoms with Gasteiger partial charge in [0.25, 0.3) is 5.91 Å². The van der Waals surface area contributed by atoms with Gasteiger partial charge in [0.15, 0.2) is 15.8 Å². The summed E-state index contributed by atoms with van der Waals surface area (Å²) >= 11 is 4.44. The Morgan fingerprint density at radius 1 is 1.25 bits per heavy atom. The molecule has 1 N–H and O–H groups in total. The van der Waals surface area contributed by atoms with Gasteiger partial charge in [0.1, 0.15) is 0 Å². The topological polar surface area (TPSA) is 88.9 Å². The van der Waals surface area contributed by atoms with Gasteiger partial charge in [-0.25, -0.2) is 5.01 Å². The molecule has 3 aromatic rings. The molecule has 11 heteroatoms. The number of methoxy groups -OCH3 is 2. The molecule has 0 spiro atoms. The first-order chi connectivity index (χ1) is 15.6. The van der Waals surface area contributed by atoms with Gasteiger partial charge >= 0.3 is 0 Å². The number of carbonyl (C=O) groups excluding carboxylic acids is 1. The highest BCUT2D eigenvalue weighted by atomic mass is 32.2. The molecule has 0 radical (unpaired) electrons. The monoisotopic (exact) mass is 489 g/mol. The molecule has 0 unspecified atom stereocenters. The molecule has 4 rings (SSSR count). The third kappa shape index (κ3) is 4.89. The molecule has 2 aromatic heterocycles. The summed E-state index contributed by atoms with van der Waals surface area (Å²) in [7, 11) is 3.21. The van der Waals surface area contributed by atoms with E-state index in [2.05, 4.69) is 15.5 Å². The van der Waals surface area contributed by atoms with Crippen LogP contribution in [0.2, 0.25) is 0 Å². The smallest absolute Gasteiger partial charge is 0.253 e. The zero-order valence-corrected chi connectivity index (χ0v) is 20.4. The Morgan fingerprint density at radius 2 is 2.09 bits per heavy atom. The van der Waals surface area contributed by atoms with Crippen LogP contribution >= 0.6 is 34.4 Å². The van der Waals surface area contributed by atoms with Crippen molar-refractivity contribution in [2.24, 2.45) is 5.10 Å². The first kappa shape index (κ1) is 22.6. The normalized spacial score (nSPS) is 15.5. The van der Waals surface area contributed by atoms with Crippen molar-refractivity contribution in [1.82, 2.24) is 15.2 Å². The quantitative estimate of drug-likeness (QED) is 0.442. The van der Waals surface area contributed by atoms with E-state index in [0.717, 1.165) is 32.2 Å². The van der Waals surface area contributed by atoms with E-state index in [1.54, 1.807) is 30.6 Å². The number of aromatic nitrogens is 2. The van der Waals surface area contributed by atoms with Gasteiger partial charge in [0, 0.05) is 13.0 Å². The Kier molecular flexibility index (Phi) is 7.28. The number of nitrogens with one attached hydrogen (secondary N) is 1. The number of hydrogen-bond acceptors (Lipinski definition) is 10. The molecule has 0 saturated heterocycles. The number of thiophene rings is 1. The van der Waals surface area contributed by atoms with Crippen LogP contribution in [0.4, 0.5) is 5.13 Å². The van der Waals surface area contributed by atoms with Crippen molar-refractivity contribution in [3.05, 3.63) is 46.2 Å². The summed E-state index contributed by atoms with van der Waals surface area (Å²) in [4.78, 5) is 14.3.